The van der Waals surface area contributed by atoms with Gasteiger partial charge in [0.1, 0.15) is 0 Å². The van der Waals surface area contributed by atoms with Crippen LogP contribution in [-0.2, 0) is 6.42 Å². The van der Waals surface area contributed by atoms with Crippen LogP contribution in [0.5, 0.6) is 0 Å². The van der Waals surface area contributed by atoms with E-state index < -0.39 is 0 Å². The number of aryl methyl sites for hydroxylation is 1. The van der Waals surface area contributed by atoms with Crippen LogP contribution in [0.2, 0.25) is 0 Å². The molecule has 0 spiro atoms. The van der Waals surface area contributed by atoms with Crippen LogP contribution in [0.4, 0.5) is 4.79 Å². The molecule has 0 saturated carbocycles. The summed E-state index contributed by atoms with van der Waals surface area (Å²) in [5.41, 5.74) is 2.69. The summed E-state index contributed by atoms with van der Waals surface area (Å²) < 4.78 is 0. The number of hydrogen-bond acceptors (Lipinski definition) is 2. The molecule has 114 valence electrons. The third kappa shape index (κ3) is 3.21. The molecule has 1 N–H and O–H groups in total. The molecule has 0 bridgehead atoms. The second kappa shape index (κ2) is 6.48. The van der Waals surface area contributed by atoms with Crippen molar-refractivity contribution < 1.29 is 4.79 Å². The Morgan fingerprint density at radius 2 is 2.00 bits per heavy atom. The molecule has 4 heteroatoms. The highest BCUT2D eigenvalue weighted by Gasteiger charge is 2.26. The molecule has 1 heterocycles. The Balaban J connectivity index is 1.54. The molecule has 1 aliphatic heterocycles. The normalized spacial score (nSPS) is 22.1. The Hall–Kier alpha value is -1.55. The van der Waals surface area contributed by atoms with Gasteiger partial charge < -0.3 is 10.2 Å². The molecule has 0 aromatic heterocycles. The summed E-state index contributed by atoms with van der Waals surface area (Å²) >= 11 is 0. The second-order valence-corrected chi connectivity index (χ2v) is 6.07. The lowest BCUT2D eigenvalue weighted by Crippen LogP contribution is -2.52. The Morgan fingerprint density at radius 3 is 2.76 bits per heavy atom. The van der Waals surface area contributed by atoms with Crippen LogP contribution in [0.15, 0.2) is 24.3 Å². The van der Waals surface area contributed by atoms with Crippen LogP contribution in [0.1, 0.15) is 36.9 Å². The zero-order valence-corrected chi connectivity index (χ0v) is 12.8. The van der Waals surface area contributed by atoms with E-state index in [2.05, 4.69) is 41.4 Å². The maximum Gasteiger partial charge on any atom is 0.317 e. The van der Waals surface area contributed by atoms with Gasteiger partial charge in [-0.15, -0.1) is 0 Å². The topological polar surface area (TPSA) is 35.6 Å². The predicted molar refractivity (Wildman–Crippen MR) is 84.3 cm³/mol. The molecule has 1 saturated heterocycles. The number of carbonyl (C=O) groups excluding carboxylic acids is 1. The van der Waals surface area contributed by atoms with Crippen molar-refractivity contribution in [3.63, 3.8) is 0 Å². The van der Waals surface area contributed by atoms with E-state index in [4.69, 9.17) is 0 Å². The van der Waals surface area contributed by atoms with Crippen LogP contribution < -0.4 is 5.32 Å². The van der Waals surface area contributed by atoms with Gasteiger partial charge in [0.25, 0.3) is 0 Å². The van der Waals surface area contributed by atoms with Gasteiger partial charge in [-0.2, -0.15) is 0 Å². The number of fused-ring (bicyclic) bond motifs is 1. The second-order valence-electron chi connectivity index (χ2n) is 6.07. The Bertz CT molecular complexity index is 495. The van der Waals surface area contributed by atoms with Crippen LogP contribution in [-0.4, -0.2) is 48.6 Å². The summed E-state index contributed by atoms with van der Waals surface area (Å²) in [6.45, 7) is 7.05. The molecule has 0 radical (unpaired) electrons. The van der Waals surface area contributed by atoms with Gasteiger partial charge in [-0.1, -0.05) is 31.2 Å². The average molecular weight is 287 g/mol. The van der Waals surface area contributed by atoms with Gasteiger partial charge in [0.2, 0.25) is 0 Å². The minimum absolute atomic E-state index is 0.104. The molecular weight excluding hydrogens is 262 g/mol. The maximum atomic E-state index is 12.4. The van der Waals surface area contributed by atoms with Crippen molar-refractivity contribution in [3.05, 3.63) is 35.4 Å². The smallest absolute Gasteiger partial charge is 0.317 e. The van der Waals surface area contributed by atoms with Crippen molar-refractivity contribution in [2.45, 2.75) is 32.2 Å². The average Bonchev–Trinajstić information content (AvgIpc) is 2.92. The third-order valence-corrected chi connectivity index (χ3v) is 4.63. The van der Waals surface area contributed by atoms with Gasteiger partial charge in [0.05, 0.1) is 6.04 Å². The minimum Gasteiger partial charge on any atom is -0.331 e. The largest absolute Gasteiger partial charge is 0.331 e. The molecule has 1 fully saturated rings. The van der Waals surface area contributed by atoms with E-state index in [1.807, 2.05) is 4.90 Å². The zero-order valence-electron chi connectivity index (χ0n) is 12.8. The molecule has 2 aliphatic rings. The summed E-state index contributed by atoms with van der Waals surface area (Å²) in [6, 6.07) is 8.76. The van der Waals surface area contributed by atoms with Crippen molar-refractivity contribution in [1.29, 1.82) is 0 Å². The van der Waals surface area contributed by atoms with Crippen molar-refractivity contribution >= 4 is 6.03 Å². The quantitative estimate of drug-likeness (QED) is 0.926. The number of benzene rings is 1. The number of nitrogens with zero attached hydrogens (tertiary/aromatic N) is 2. The molecule has 1 aliphatic carbocycles. The van der Waals surface area contributed by atoms with E-state index >= 15 is 0 Å². The first-order valence-electron chi connectivity index (χ1n) is 8.13. The van der Waals surface area contributed by atoms with E-state index in [-0.39, 0.29) is 12.1 Å². The molecule has 1 unspecified atom stereocenters. The monoisotopic (exact) mass is 287 g/mol. The highest BCUT2D eigenvalue weighted by atomic mass is 16.2. The first-order chi connectivity index (χ1) is 10.3. The lowest BCUT2D eigenvalue weighted by atomic mass is 10.1. The summed E-state index contributed by atoms with van der Waals surface area (Å²) in [6.07, 6.45) is 3.29. The summed E-state index contributed by atoms with van der Waals surface area (Å²) in [5.74, 6) is 0. The van der Waals surface area contributed by atoms with E-state index in [0.29, 0.717) is 0 Å². The molecule has 2 amide bonds. The number of amides is 2. The third-order valence-electron chi connectivity index (χ3n) is 4.63. The number of rotatable bonds is 3. The fraction of sp³-hybridized carbons (Fsp3) is 0.588. The summed E-state index contributed by atoms with van der Waals surface area (Å²) in [5, 5.41) is 3.22. The van der Waals surface area contributed by atoms with Gasteiger partial charge in [-0.05, 0) is 36.9 Å². The molecular formula is C17H25N3O. The van der Waals surface area contributed by atoms with Gasteiger partial charge >= 0.3 is 6.03 Å². The molecule has 4 nitrogen and oxygen atoms in total. The molecule has 3 rings (SSSR count). The highest BCUT2D eigenvalue weighted by molar-refractivity contribution is 5.75. The van der Waals surface area contributed by atoms with E-state index in [9.17, 15) is 4.79 Å². The van der Waals surface area contributed by atoms with Gasteiger partial charge in [0.15, 0.2) is 0 Å². The number of hydrogen-bond donors (Lipinski definition) is 1. The van der Waals surface area contributed by atoms with E-state index in [1.165, 1.54) is 17.5 Å². The van der Waals surface area contributed by atoms with Crippen molar-refractivity contribution in [1.82, 2.24) is 15.1 Å². The van der Waals surface area contributed by atoms with Gasteiger partial charge in [-0.3, -0.25) is 4.90 Å². The Labute approximate surface area is 127 Å². The zero-order chi connectivity index (χ0) is 14.7. The minimum atomic E-state index is 0.104. The Kier molecular flexibility index (Phi) is 4.44. The first kappa shape index (κ1) is 14.4. The summed E-state index contributed by atoms with van der Waals surface area (Å²) in [7, 11) is 0. The van der Waals surface area contributed by atoms with Gasteiger partial charge in [-0.25, -0.2) is 4.79 Å². The van der Waals surface area contributed by atoms with Crippen molar-refractivity contribution in [3.8, 4) is 0 Å². The lowest BCUT2D eigenvalue weighted by Gasteiger charge is -2.35. The van der Waals surface area contributed by atoms with Crippen LogP contribution in [0.25, 0.3) is 0 Å². The van der Waals surface area contributed by atoms with Crippen molar-refractivity contribution in [2.75, 3.05) is 32.7 Å². The lowest BCUT2D eigenvalue weighted by molar-refractivity contribution is 0.137. The maximum absolute atomic E-state index is 12.4. The van der Waals surface area contributed by atoms with Crippen LogP contribution >= 0.6 is 0 Å². The number of nitrogens with one attached hydrogen (secondary N) is 1. The molecule has 1 aromatic carbocycles. The van der Waals surface area contributed by atoms with E-state index in [1.54, 1.807) is 0 Å². The number of piperazine rings is 1. The SMILES string of the molecule is CCCN1CCN(C(=O)NC2CCc3ccccc32)CC1. The number of carbonyl (C=O) groups is 1. The fourth-order valence-electron chi connectivity index (χ4n) is 3.44. The molecule has 1 aromatic rings. The van der Waals surface area contributed by atoms with Gasteiger partial charge in [0, 0.05) is 26.2 Å². The summed E-state index contributed by atoms with van der Waals surface area (Å²) in [4.78, 5) is 16.8. The fourth-order valence-corrected chi connectivity index (χ4v) is 3.44. The number of urea groups is 1. The van der Waals surface area contributed by atoms with E-state index in [0.717, 1.165) is 45.6 Å². The van der Waals surface area contributed by atoms with Crippen LogP contribution in [0.3, 0.4) is 0 Å². The first-order valence-corrected chi connectivity index (χ1v) is 8.13. The standard InChI is InChI=1S/C17H25N3O/c1-2-9-19-10-12-20(13-11-19)17(21)18-16-8-7-14-5-3-4-6-15(14)16/h3-6,16H,2,7-13H2,1H3,(H,18,21). The Morgan fingerprint density at radius 1 is 1.24 bits per heavy atom. The molecule has 1 atom stereocenters. The van der Waals surface area contributed by atoms with Crippen LogP contribution in [0, 0.1) is 0 Å². The highest BCUT2D eigenvalue weighted by Crippen LogP contribution is 2.30. The predicted octanol–water partition coefficient (Wildman–Crippen LogP) is 2.41. The molecule has 21 heavy (non-hydrogen) atoms. The van der Waals surface area contributed by atoms with Crippen molar-refractivity contribution in [2.24, 2.45) is 0 Å².